The number of carbonyl (C=O) groups excluding carboxylic acids is 1. The minimum Gasteiger partial charge on any atom is -0.366 e. The van der Waals surface area contributed by atoms with Crippen molar-refractivity contribution in [2.45, 2.75) is 26.3 Å². The summed E-state index contributed by atoms with van der Waals surface area (Å²) in [5, 5.41) is 6.42. The Morgan fingerprint density at radius 1 is 1.32 bits per heavy atom. The molecule has 0 aromatic heterocycles. The zero-order valence-electron chi connectivity index (χ0n) is 15.8. The lowest BCUT2D eigenvalue weighted by Gasteiger charge is -2.34. The average molecular weight is 350 g/mol. The van der Waals surface area contributed by atoms with Crippen LogP contribution in [0.4, 0.5) is 10.1 Å². The van der Waals surface area contributed by atoms with Crippen LogP contribution in [-0.2, 0) is 4.79 Å². The molecule has 140 valence electrons. The molecule has 1 aliphatic heterocycles. The van der Waals surface area contributed by atoms with Gasteiger partial charge in [-0.05, 0) is 26.1 Å². The smallest absolute Gasteiger partial charge is 0.221 e. The zero-order valence-corrected chi connectivity index (χ0v) is 15.8. The monoisotopic (exact) mass is 350 g/mol. The molecule has 1 aliphatic rings. The summed E-state index contributed by atoms with van der Waals surface area (Å²) in [5.41, 5.74) is 1.51. The van der Waals surface area contributed by atoms with Gasteiger partial charge in [-0.15, -0.1) is 0 Å². The van der Waals surface area contributed by atoms with E-state index in [1.54, 1.807) is 6.07 Å². The molecule has 0 aliphatic carbocycles. The molecule has 1 aromatic rings. The Morgan fingerprint density at radius 3 is 2.60 bits per heavy atom. The van der Waals surface area contributed by atoms with Crippen molar-refractivity contribution >= 4 is 11.6 Å². The molecule has 5 nitrogen and oxygen atoms in total. The molecular weight excluding hydrogens is 319 g/mol. The van der Waals surface area contributed by atoms with E-state index < -0.39 is 0 Å². The summed E-state index contributed by atoms with van der Waals surface area (Å²) in [6.07, 6.45) is 0.439. The van der Waals surface area contributed by atoms with Crippen LogP contribution in [0.15, 0.2) is 18.2 Å². The molecule has 1 amide bonds. The first-order valence-corrected chi connectivity index (χ1v) is 9.08. The van der Waals surface area contributed by atoms with E-state index in [0.29, 0.717) is 18.7 Å². The van der Waals surface area contributed by atoms with Gasteiger partial charge in [0.25, 0.3) is 0 Å². The van der Waals surface area contributed by atoms with Gasteiger partial charge in [0, 0.05) is 44.7 Å². The summed E-state index contributed by atoms with van der Waals surface area (Å²) in [5.74, 6) is -0.0396. The van der Waals surface area contributed by atoms with Crippen molar-refractivity contribution in [2.24, 2.45) is 5.92 Å². The van der Waals surface area contributed by atoms with Crippen LogP contribution in [0, 0.1) is 11.7 Å². The lowest BCUT2D eigenvalue weighted by Crippen LogP contribution is -2.45. The number of piperazine rings is 1. The Hall–Kier alpha value is -1.66. The third-order valence-corrected chi connectivity index (χ3v) is 4.56. The van der Waals surface area contributed by atoms with E-state index in [2.05, 4.69) is 29.4 Å². The number of rotatable bonds is 7. The van der Waals surface area contributed by atoms with E-state index in [4.69, 9.17) is 0 Å². The fourth-order valence-corrected chi connectivity index (χ4v) is 3.18. The van der Waals surface area contributed by atoms with Gasteiger partial charge in [-0.3, -0.25) is 4.79 Å². The first-order valence-electron chi connectivity index (χ1n) is 9.08. The topological polar surface area (TPSA) is 47.6 Å². The zero-order chi connectivity index (χ0) is 18.4. The maximum absolute atomic E-state index is 14.7. The number of amides is 1. The molecule has 0 saturated carbocycles. The van der Waals surface area contributed by atoms with Crippen molar-refractivity contribution < 1.29 is 9.18 Å². The van der Waals surface area contributed by atoms with Crippen molar-refractivity contribution in [1.82, 2.24) is 15.5 Å². The van der Waals surface area contributed by atoms with Gasteiger partial charge in [0.1, 0.15) is 5.82 Å². The first-order chi connectivity index (χ1) is 11.9. The predicted molar refractivity (Wildman–Crippen MR) is 100 cm³/mol. The number of benzene rings is 1. The molecule has 0 spiro atoms. The summed E-state index contributed by atoms with van der Waals surface area (Å²) < 4.78 is 14.7. The molecule has 0 bridgehead atoms. The highest BCUT2D eigenvalue weighted by Gasteiger charge is 2.26. The summed E-state index contributed by atoms with van der Waals surface area (Å²) in [6, 6.07) is 4.98. The molecule has 1 fully saturated rings. The van der Waals surface area contributed by atoms with E-state index in [1.165, 1.54) is 6.07 Å². The second-order valence-corrected chi connectivity index (χ2v) is 7.26. The predicted octanol–water partition coefficient (Wildman–Crippen LogP) is 2.00. The summed E-state index contributed by atoms with van der Waals surface area (Å²) in [6.45, 7) is 8.04. The van der Waals surface area contributed by atoms with Crippen molar-refractivity contribution in [2.75, 3.05) is 51.7 Å². The van der Waals surface area contributed by atoms with E-state index in [-0.39, 0.29) is 23.7 Å². The lowest BCUT2D eigenvalue weighted by molar-refractivity contribution is -0.122. The molecule has 6 heteroatoms. The van der Waals surface area contributed by atoms with E-state index in [9.17, 15) is 9.18 Å². The maximum atomic E-state index is 14.7. The molecule has 0 unspecified atom stereocenters. The van der Waals surface area contributed by atoms with Crippen LogP contribution in [0.5, 0.6) is 0 Å². The van der Waals surface area contributed by atoms with Crippen LogP contribution in [0.25, 0.3) is 0 Å². The van der Waals surface area contributed by atoms with Gasteiger partial charge < -0.3 is 20.4 Å². The average Bonchev–Trinajstić information content (AvgIpc) is 2.58. The largest absolute Gasteiger partial charge is 0.366 e. The maximum Gasteiger partial charge on any atom is 0.221 e. The van der Waals surface area contributed by atoms with Gasteiger partial charge in [-0.1, -0.05) is 26.0 Å². The normalized spacial score (nSPS) is 16.4. The quantitative estimate of drug-likeness (QED) is 0.790. The van der Waals surface area contributed by atoms with Crippen LogP contribution in [-0.4, -0.2) is 57.6 Å². The lowest BCUT2D eigenvalue weighted by atomic mass is 9.93. The number of hydrogen-bond acceptors (Lipinski definition) is 4. The van der Waals surface area contributed by atoms with Crippen molar-refractivity contribution in [3.8, 4) is 0 Å². The molecule has 1 aromatic carbocycles. The Balaban J connectivity index is 2.25. The van der Waals surface area contributed by atoms with Crippen LogP contribution in [0.2, 0.25) is 0 Å². The van der Waals surface area contributed by atoms with Crippen LogP contribution < -0.4 is 15.5 Å². The molecule has 2 N–H and O–H groups in total. The minimum absolute atomic E-state index is 0.00271. The van der Waals surface area contributed by atoms with Gasteiger partial charge in [0.05, 0.1) is 11.7 Å². The highest BCUT2D eigenvalue weighted by atomic mass is 19.1. The second-order valence-electron chi connectivity index (χ2n) is 7.26. The number of nitrogens with one attached hydrogen (secondary N) is 2. The van der Waals surface area contributed by atoms with Crippen LogP contribution in [0.3, 0.4) is 0 Å². The number of carbonyl (C=O) groups is 1. The van der Waals surface area contributed by atoms with Crippen LogP contribution in [0.1, 0.15) is 31.9 Å². The number of anilines is 1. The van der Waals surface area contributed by atoms with Gasteiger partial charge >= 0.3 is 0 Å². The molecule has 0 radical (unpaired) electrons. The third kappa shape index (κ3) is 5.41. The number of halogens is 1. The van der Waals surface area contributed by atoms with Crippen molar-refractivity contribution in [3.05, 3.63) is 29.6 Å². The summed E-state index contributed by atoms with van der Waals surface area (Å²) >= 11 is 0. The van der Waals surface area contributed by atoms with E-state index in [0.717, 1.165) is 31.7 Å². The standard InChI is InChI=1S/C19H31FN4O/c1-14(2)18(22-17(25)8-11-23(3)4)15-6-5-7-16(20)19(15)24-12-9-21-10-13-24/h5-7,14,18,21H,8-13H2,1-4H3,(H,22,25)/t18-/m0/s1. The number of para-hydroxylation sites is 1. The minimum atomic E-state index is -0.215. The van der Waals surface area contributed by atoms with Gasteiger partial charge in [0.15, 0.2) is 0 Å². The van der Waals surface area contributed by atoms with Crippen molar-refractivity contribution in [3.63, 3.8) is 0 Å². The van der Waals surface area contributed by atoms with Gasteiger partial charge in [-0.25, -0.2) is 4.39 Å². The SMILES string of the molecule is CC(C)[C@H](NC(=O)CCN(C)C)c1cccc(F)c1N1CCNCC1. The highest BCUT2D eigenvalue weighted by Crippen LogP contribution is 2.33. The Kier molecular flexibility index (Phi) is 7.20. The molecule has 1 heterocycles. The molecule has 1 saturated heterocycles. The third-order valence-electron chi connectivity index (χ3n) is 4.56. The Morgan fingerprint density at radius 2 is 2.00 bits per heavy atom. The number of hydrogen-bond donors (Lipinski definition) is 2. The molecule has 2 rings (SSSR count). The van der Waals surface area contributed by atoms with E-state index >= 15 is 0 Å². The molecule has 1 atom stereocenters. The Labute approximate surface area is 150 Å². The Bertz CT molecular complexity index is 571. The fraction of sp³-hybridized carbons (Fsp3) is 0.632. The van der Waals surface area contributed by atoms with Gasteiger partial charge in [-0.2, -0.15) is 0 Å². The fourth-order valence-electron chi connectivity index (χ4n) is 3.18. The van der Waals surface area contributed by atoms with E-state index in [1.807, 2.05) is 25.1 Å². The summed E-state index contributed by atoms with van der Waals surface area (Å²) in [7, 11) is 3.89. The molecular formula is C19H31FN4O. The highest BCUT2D eigenvalue weighted by molar-refractivity contribution is 5.77. The first kappa shape index (κ1) is 19.7. The van der Waals surface area contributed by atoms with Crippen LogP contribution >= 0.6 is 0 Å². The van der Waals surface area contributed by atoms with Gasteiger partial charge in [0.2, 0.25) is 5.91 Å². The second kappa shape index (κ2) is 9.15. The summed E-state index contributed by atoms with van der Waals surface area (Å²) in [4.78, 5) is 16.4. The number of nitrogens with zero attached hydrogens (tertiary/aromatic N) is 2. The van der Waals surface area contributed by atoms with Crippen molar-refractivity contribution in [1.29, 1.82) is 0 Å². The molecule has 25 heavy (non-hydrogen) atoms.